The number of hydrogen-bond acceptors (Lipinski definition) is 5. The SMILES string of the molecule is FC(F)(F)Oc1ccc(-c2nnc(-c3cc(Cl)nc(Cl)c3)o2)cc1. The summed E-state index contributed by atoms with van der Waals surface area (Å²) in [5.41, 5.74) is 0.894. The average molecular weight is 376 g/mol. The van der Waals surface area contributed by atoms with Crippen LogP contribution in [0, 0.1) is 0 Å². The second kappa shape index (κ2) is 6.29. The van der Waals surface area contributed by atoms with Gasteiger partial charge in [-0.05, 0) is 36.4 Å². The fourth-order valence-electron chi connectivity index (χ4n) is 1.84. The van der Waals surface area contributed by atoms with Gasteiger partial charge in [-0.3, -0.25) is 0 Å². The molecule has 0 spiro atoms. The third-order valence-electron chi connectivity index (χ3n) is 2.77. The van der Waals surface area contributed by atoms with Crippen LogP contribution in [0.5, 0.6) is 5.75 Å². The molecule has 10 heteroatoms. The van der Waals surface area contributed by atoms with Crippen LogP contribution in [0.2, 0.25) is 10.3 Å². The van der Waals surface area contributed by atoms with Gasteiger partial charge in [0.2, 0.25) is 11.8 Å². The fourth-order valence-corrected chi connectivity index (χ4v) is 2.30. The van der Waals surface area contributed by atoms with Gasteiger partial charge < -0.3 is 9.15 Å². The number of nitrogens with zero attached hydrogens (tertiary/aromatic N) is 3. The lowest BCUT2D eigenvalue weighted by Gasteiger charge is -2.08. The van der Waals surface area contributed by atoms with E-state index in [9.17, 15) is 13.2 Å². The third-order valence-corrected chi connectivity index (χ3v) is 3.16. The molecular formula is C14H6Cl2F3N3O2. The molecule has 0 radical (unpaired) electrons. The van der Waals surface area contributed by atoms with E-state index in [4.69, 9.17) is 27.6 Å². The van der Waals surface area contributed by atoms with Gasteiger partial charge in [-0.1, -0.05) is 23.2 Å². The predicted molar refractivity (Wildman–Crippen MR) is 79.7 cm³/mol. The summed E-state index contributed by atoms with van der Waals surface area (Å²) in [7, 11) is 0. The summed E-state index contributed by atoms with van der Waals surface area (Å²) in [6, 6.07) is 8.01. The average Bonchev–Trinajstić information content (AvgIpc) is 2.95. The second-order valence-corrected chi connectivity index (χ2v) is 5.26. The summed E-state index contributed by atoms with van der Waals surface area (Å²) in [6.07, 6.45) is -4.75. The Hall–Kier alpha value is -2.32. The number of rotatable bonds is 3. The zero-order chi connectivity index (χ0) is 17.3. The Balaban J connectivity index is 1.85. The molecule has 24 heavy (non-hydrogen) atoms. The van der Waals surface area contributed by atoms with Crippen LogP contribution in [0.1, 0.15) is 0 Å². The highest BCUT2D eigenvalue weighted by atomic mass is 35.5. The van der Waals surface area contributed by atoms with Gasteiger partial charge in [0.15, 0.2) is 0 Å². The van der Waals surface area contributed by atoms with Crippen LogP contribution in [0.15, 0.2) is 40.8 Å². The van der Waals surface area contributed by atoms with Crippen LogP contribution in [0.4, 0.5) is 13.2 Å². The Bertz CT molecular complexity index is 846. The summed E-state index contributed by atoms with van der Waals surface area (Å²) in [6.45, 7) is 0. The highest BCUT2D eigenvalue weighted by molar-refractivity contribution is 6.32. The van der Waals surface area contributed by atoms with Crippen LogP contribution >= 0.6 is 23.2 Å². The van der Waals surface area contributed by atoms with E-state index in [0.29, 0.717) is 11.1 Å². The molecule has 124 valence electrons. The Morgan fingerprint density at radius 1 is 0.875 bits per heavy atom. The molecule has 0 atom stereocenters. The molecule has 2 aromatic heterocycles. The molecule has 0 saturated heterocycles. The van der Waals surface area contributed by atoms with Crippen molar-refractivity contribution in [2.75, 3.05) is 0 Å². The summed E-state index contributed by atoms with van der Waals surface area (Å²) < 4.78 is 45.7. The van der Waals surface area contributed by atoms with Crippen molar-refractivity contribution in [2.24, 2.45) is 0 Å². The minimum atomic E-state index is -4.75. The van der Waals surface area contributed by atoms with Gasteiger partial charge in [0.05, 0.1) is 0 Å². The molecule has 3 rings (SSSR count). The van der Waals surface area contributed by atoms with E-state index in [1.165, 1.54) is 24.3 Å². The maximum Gasteiger partial charge on any atom is 0.573 e. The molecule has 0 N–H and O–H groups in total. The van der Waals surface area contributed by atoms with Crippen molar-refractivity contribution >= 4 is 23.2 Å². The summed E-state index contributed by atoms with van der Waals surface area (Å²) in [5, 5.41) is 8.01. The topological polar surface area (TPSA) is 61.0 Å². The summed E-state index contributed by atoms with van der Waals surface area (Å²) in [5.74, 6) is -0.0851. The third kappa shape index (κ3) is 3.95. The number of hydrogen-bond donors (Lipinski definition) is 0. The van der Waals surface area contributed by atoms with Crippen molar-refractivity contribution in [2.45, 2.75) is 6.36 Å². The molecule has 0 aliphatic rings. The number of benzene rings is 1. The first kappa shape index (κ1) is 16.5. The van der Waals surface area contributed by atoms with Gasteiger partial charge >= 0.3 is 6.36 Å². The van der Waals surface area contributed by atoms with Crippen molar-refractivity contribution < 1.29 is 22.3 Å². The Morgan fingerprint density at radius 2 is 1.42 bits per heavy atom. The van der Waals surface area contributed by atoms with Gasteiger partial charge in [0.25, 0.3) is 0 Å². The minimum Gasteiger partial charge on any atom is -0.416 e. The van der Waals surface area contributed by atoms with Crippen molar-refractivity contribution in [1.29, 1.82) is 0 Å². The molecule has 0 fully saturated rings. The van der Waals surface area contributed by atoms with Gasteiger partial charge in [0, 0.05) is 11.1 Å². The largest absolute Gasteiger partial charge is 0.573 e. The highest BCUT2D eigenvalue weighted by Crippen LogP contribution is 2.29. The zero-order valence-corrected chi connectivity index (χ0v) is 13.0. The molecule has 5 nitrogen and oxygen atoms in total. The summed E-state index contributed by atoms with van der Waals surface area (Å²) in [4.78, 5) is 3.80. The van der Waals surface area contributed by atoms with Gasteiger partial charge in [-0.25, -0.2) is 4.98 Å². The lowest BCUT2D eigenvalue weighted by molar-refractivity contribution is -0.274. The first-order valence-electron chi connectivity index (χ1n) is 6.33. The number of aromatic nitrogens is 3. The van der Waals surface area contributed by atoms with E-state index in [1.807, 2.05) is 0 Å². The molecule has 0 saturated carbocycles. The van der Waals surface area contributed by atoms with E-state index in [1.54, 1.807) is 0 Å². The molecular weight excluding hydrogens is 370 g/mol. The van der Waals surface area contributed by atoms with Gasteiger partial charge in [0.1, 0.15) is 16.1 Å². The van der Waals surface area contributed by atoms with E-state index in [2.05, 4.69) is 19.9 Å². The first-order valence-corrected chi connectivity index (χ1v) is 7.09. The predicted octanol–water partition coefficient (Wildman–Crippen LogP) is 5.00. The van der Waals surface area contributed by atoms with Crippen molar-refractivity contribution in [3.8, 4) is 28.7 Å². The molecule has 0 aliphatic heterocycles. The Labute approximate surface area is 143 Å². The quantitative estimate of drug-likeness (QED) is 0.602. The fraction of sp³-hybridized carbons (Fsp3) is 0.0714. The van der Waals surface area contributed by atoms with E-state index < -0.39 is 6.36 Å². The highest BCUT2D eigenvalue weighted by Gasteiger charge is 2.31. The normalized spacial score (nSPS) is 11.5. The molecule has 0 amide bonds. The maximum atomic E-state index is 12.1. The van der Waals surface area contributed by atoms with Crippen LogP contribution < -0.4 is 4.74 Å². The molecule has 0 aliphatic carbocycles. The standard InChI is InChI=1S/C14H6Cl2F3N3O2/c15-10-5-8(6-11(16)20-10)13-22-21-12(23-13)7-1-3-9(4-2-7)24-14(17,18)19/h1-6H. The second-order valence-electron chi connectivity index (χ2n) is 4.49. The molecule has 1 aromatic carbocycles. The number of halogens is 5. The van der Waals surface area contributed by atoms with E-state index >= 15 is 0 Å². The number of pyridine rings is 1. The molecule has 3 aromatic rings. The van der Waals surface area contributed by atoms with Crippen molar-refractivity contribution in [1.82, 2.24) is 15.2 Å². The lowest BCUT2D eigenvalue weighted by atomic mass is 10.2. The van der Waals surface area contributed by atoms with Crippen LogP contribution in [0.3, 0.4) is 0 Å². The minimum absolute atomic E-state index is 0.118. The zero-order valence-electron chi connectivity index (χ0n) is 11.5. The maximum absolute atomic E-state index is 12.1. The smallest absolute Gasteiger partial charge is 0.416 e. The van der Waals surface area contributed by atoms with Gasteiger partial charge in [-0.2, -0.15) is 0 Å². The molecule has 2 heterocycles. The molecule has 0 bridgehead atoms. The van der Waals surface area contributed by atoms with Crippen LogP contribution in [-0.2, 0) is 0 Å². The Morgan fingerprint density at radius 3 is 1.96 bits per heavy atom. The Kier molecular flexibility index (Phi) is 4.33. The van der Waals surface area contributed by atoms with Crippen LogP contribution in [-0.4, -0.2) is 21.5 Å². The van der Waals surface area contributed by atoms with Crippen LogP contribution in [0.25, 0.3) is 22.9 Å². The summed E-state index contributed by atoms with van der Waals surface area (Å²) >= 11 is 11.6. The van der Waals surface area contributed by atoms with Crippen molar-refractivity contribution in [3.05, 3.63) is 46.7 Å². The molecule has 0 unspecified atom stereocenters. The monoisotopic (exact) mass is 375 g/mol. The van der Waals surface area contributed by atoms with E-state index in [0.717, 1.165) is 12.1 Å². The lowest BCUT2D eigenvalue weighted by Crippen LogP contribution is -2.16. The number of alkyl halides is 3. The van der Waals surface area contributed by atoms with Crippen molar-refractivity contribution in [3.63, 3.8) is 0 Å². The van der Waals surface area contributed by atoms with Gasteiger partial charge in [-0.15, -0.1) is 23.4 Å². The van der Waals surface area contributed by atoms with E-state index in [-0.39, 0.29) is 27.8 Å². The number of ether oxygens (including phenoxy) is 1. The first-order chi connectivity index (χ1) is 11.3.